The summed E-state index contributed by atoms with van der Waals surface area (Å²) < 4.78 is 17.9. The third kappa shape index (κ3) is 7.12. The number of ether oxygens (including phenoxy) is 3. The highest BCUT2D eigenvalue weighted by Crippen LogP contribution is 2.33. The van der Waals surface area contributed by atoms with E-state index in [9.17, 15) is 0 Å². The largest absolute Gasteiger partial charge is 0.491 e. The second-order valence-corrected chi connectivity index (χ2v) is 9.90. The van der Waals surface area contributed by atoms with Gasteiger partial charge in [0.05, 0.1) is 24.6 Å². The van der Waals surface area contributed by atoms with E-state index < -0.39 is 0 Å². The molecule has 9 heteroatoms. The molecule has 1 N–H and O–H groups in total. The van der Waals surface area contributed by atoms with Crippen LogP contribution in [0, 0.1) is 0 Å². The Hall–Kier alpha value is -3.40. The van der Waals surface area contributed by atoms with Gasteiger partial charge in [0.25, 0.3) is 0 Å². The number of nitrogens with one attached hydrogen (secondary N) is 1. The van der Waals surface area contributed by atoms with Gasteiger partial charge in [0.1, 0.15) is 24.7 Å². The van der Waals surface area contributed by atoms with Crippen molar-refractivity contribution >= 4 is 17.3 Å². The number of piperazine rings is 1. The molecule has 2 aliphatic rings. The Balaban J connectivity index is 1.33. The summed E-state index contributed by atoms with van der Waals surface area (Å²) in [6.07, 6.45) is 2.96. The topological polar surface area (TPSA) is 75.2 Å². The first-order valence-electron chi connectivity index (χ1n) is 13.4. The van der Waals surface area contributed by atoms with Crippen LogP contribution in [0.5, 0.6) is 11.5 Å². The van der Waals surface area contributed by atoms with E-state index in [1.807, 2.05) is 36.4 Å². The van der Waals surface area contributed by atoms with Gasteiger partial charge in [-0.25, -0.2) is 9.97 Å². The van der Waals surface area contributed by atoms with E-state index >= 15 is 0 Å². The average molecular weight is 519 g/mol. The molecule has 38 heavy (non-hydrogen) atoms. The van der Waals surface area contributed by atoms with Gasteiger partial charge in [-0.3, -0.25) is 4.90 Å². The maximum Gasteiger partial charge on any atom is 0.227 e. The standard InChI is InChI=1S/C29H38N6O3/c1-33(2)11-4-12-34-13-15-35(16-14-34)27-8-7-24-22-28(27)38-20-18-36-17-19-37-25-6-3-5-23(21-25)26-9-10-30-29(31-24)32-26/h3,5-10,21-22H,4,11-20H2,1-2H3,(H,30,31,32). The normalized spacial score (nSPS) is 16.8. The summed E-state index contributed by atoms with van der Waals surface area (Å²) in [7, 11) is 4.27. The SMILES string of the molecule is CN(C)CCCN1CCN(c2ccc3cc2OCCOCCOc2cccc(c2)-c2ccnc(n2)N3)CC1. The van der Waals surface area contributed by atoms with Crippen LogP contribution in [0.3, 0.4) is 0 Å². The van der Waals surface area contributed by atoms with Crippen molar-refractivity contribution in [3.63, 3.8) is 0 Å². The molecule has 2 aromatic carbocycles. The number of rotatable bonds is 5. The second-order valence-electron chi connectivity index (χ2n) is 9.90. The Morgan fingerprint density at radius 3 is 2.61 bits per heavy atom. The molecule has 0 unspecified atom stereocenters. The van der Waals surface area contributed by atoms with E-state index in [2.05, 4.69) is 51.2 Å². The first-order valence-corrected chi connectivity index (χ1v) is 13.4. The molecular weight excluding hydrogens is 480 g/mol. The minimum Gasteiger partial charge on any atom is -0.491 e. The lowest BCUT2D eigenvalue weighted by Crippen LogP contribution is -2.47. The fourth-order valence-corrected chi connectivity index (χ4v) is 4.78. The maximum atomic E-state index is 6.26. The summed E-state index contributed by atoms with van der Waals surface area (Å²) in [5.74, 6) is 2.16. The van der Waals surface area contributed by atoms with Crippen LogP contribution in [-0.2, 0) is 4.74 Å². The number of benzene rings is 2. The molecule has 0 saturated carbocycles. The third-order valence-corrected chi connectivity index (χ3v) is 6.78. The first-order chi connectivity index (χ1) is 18.6. The smallest absolute Gasteiger partial charge is 0.227 e. The summed E-state index contributed by atoms with van der Waals surface area (Å²) in [5.41, 5.74) is 3.78. The molecule has 0 amide bonds. The molecule has 1 aromatic heterocycles. The van der Waals surface area contributed by atoms with Gasteiger partial charge in [-0.05, 0) is 63.9 Å². The molecule has 0 atom stereocenters. The van der Waals surface area contributed by atoms with Crippen LogP contribution < -0.4 is 19.7 Å². The van der Waals surface area contributed by atoms with E-state index in [4.69, 9.17) is 19.2 Å². The lowest BCUT2D eigenvalue weighted by molar-refractivity contribution is 0.0765. The molecule has 6 bridgehead atoms. The van der Waals surface area contributed by atoms with Crippen LogP contribution in [0.25, 0.3) is 11.3 Å². The first kappa shape index (κ1) is 26.2. The van der Waals surface area contributed by atoms with Crippen LogP contribution in [0.4, 0.5) is 17.3 Å². The Bertz CT molecular complexity index is 1180. The maximum absolute atomic E-state index is 6.26. The molecule has 2 aliphatic heterocycles. The number of fused-ring (bicyclic) bond motifs is 7. The summed E-state index contributed by atoms with van der Waals surface area (Å²) in [5, 5.41) is 3.36. The lowest BCUT2D eigenvalue weighted by atomic mass is 10.1. The second kappa shape index (κ2) is 12.9. The average Bonchev–Trinajstić information content (AvgIpc) is 2.93. The number of hydrogen-bond donors (Lipinski definition) is 1. The van der Waals surface area contributed by atoms with Gasteiger partial charge in [-0.15, -0.1) is 0 Å². The highest BCUT2D eigenvalue weighted by atomic mass is 16.5. The number of anilines is 3. The zero-order valence-corrected chi connectivity index (χ0v) is 22.4. The Morgan fingerprint density at radius 1 is 0.921 bits per heavy atom. The van der Waals surface area contributed by atoms with Gasteiger partial charge in [-0.1, -0.05) is 12.1 Å². The number of nitrogens with zero attached hydrogens (tertiary/aromatic N) is 5. The van der Waals surface area contributed by atoms with Crippen molar-refractivity contribution in [2.75, 3.05) is 90.0 Å². The highest BCUT2D eigenvalue weighted by Gasteiger charge is 2.20. The van der Waals surface area contributed by atoms with Crippen molar-refractivity contribution < 1.29 is 14.2 Å². The molecule has 9 nitrogen and oxygen atoms in total. The highest BCUT2D eigenvalue weighted by molar-refractivity contribution is 5.68. The van der Waals surface area contributed by atoms with Gasteiger partial charge in [0.15, 0.2) is 0 Å². The van der Waals surface area contributed by atoms with E-state index in [-0.39, 0.29) is 0 Å². The molecule has 0 spiro atoms. The van der Waals surface area contributed by atoms with Crippen LogP contribution in [0.1, 0.15) is 6.42 Å². The third-order valence-electron chi connectivity index (χ3n) is 6.78. The zero-order valence-electron chi connectivity index (χ0n) is 22.4. The van der Waals surface area contributed by atoms with Crippen LogP contribution >= 0.6 is 0 Å². The van der Waals surface area contributed by atoms with Gasteiger partial charge in [0, 0.05) is 49.7 Å². The minimum absolute atomic E-state index is 0.461. The Morgan fingerprint density at radius 2 is 1.76 bits per heavy atom. The van der Waals surface area contributed by atoms with Crippen molar-refractivity contribution in [1.82, 2.24) is 19.8 Å². The van der Waals surface area contributed by atoms with E-state index in [0.717, 1.165) is 73.4 Å². The zero-order chi connectivity index (χ0) is 26.2. The Kier molecular flexibility index (Phi) is 8.90. The monoisotopic (exact) mass is 518 g/mol. The molecule has 3 aromatic rings. The number of aromatic nitrogens is 2. The van der Waals surface area contributed by atoms with Crippen molar-refractivity contribution in [3.8, 4) is 22.8 Å². The fraction of sp³-hybridized carbons (Fsp3) is 0.448. The molecule has 3 heterocycles. The van der Waals surface area contributed by atoms with Crippen molar-refractivity contribution in [3.05, 3.63) is 54.7 Å². The van der Waals surface area contributed by atoms with Gasteiger partial charge in [0.2, 0.25) is 5.95 Å². The Labute approximate surface area is 225 Å². The molecular formula is C29H38N6O3. The van der Waals surface area contributed by atoms with Crippen LogP contribution in [0.2, 0.25) is 0 Å². The molecule has 0 radical (unpaired) electrons. The molecule has 0 aliphatic carbocycles. The quantitative estimate of drug-likeness (QED) is 0.544. The fourth-order valence-electron chi connectivity index (χ4n) is 4.78. The van der Waals surface area contributed by atoms with Gasteiger partial charge >= 0.3 is 0 Å². The van der Waals surface area contributed by atoms with Crippen molar-refractivity contribution in [2.24, 2.45) is 0 Å². The number of hydrogen-bond acceptors (Lipinski definition) is 9. The summed E-state index contributed by atoms with van der Waals surface area (Å²) >= 11 is 0. The van der Waals surface area contributed by atoms with Crippen molar-refractivity contribution in [1.29, 1.82) is 0 Å². The van der Waals surface area contributed by atoms with Crippen LogP contribution in [-0.4, -0.2) is 99.6 Å². The van der Waals surface area contributed by atoms with Gasteiger partial charge < -0.3 is 29.3 Å². The van der Waals surface area contributed by atoms with Gasteiger partial charge in [-0.2, -0.15) is 0 Å². The molecule has 1 fully saturated rings. The predicted molar refractivity (Wildman–Crippen MR) is 151 cm³/mol. The summed E-state index contributed by atoms with van der Waals surface area (Å²) in [6, 6.07) is 16.1. The van der Waals surface area contributed by atoms with E-state index in [1.165, 1.54) is 6.42 Å². The molecule has 1 saturated heterocycles. The summed E-state index contributed by atoms with van der Waals surface area (Å²) in [4.78, 5) is 16.4. The van der Waals surface area contributed by atoms with Crippen LogP contribution in [0.15, 0.2) is 54.7 Å². The predicted octanol–water partition coefficient (Wildman–Crippen LogP) is 3.75. The van der Waals surface area contributed by atoms with Crippen molar-refractivity contribution in [2.45, 2.75) is 6.42 Å². The molecule has 202 valence electrons. The van der Waals surface area contributed by atoms with E-state index in [1.54, 1.807) is 6.20 Å². The minimum atomic E-state index is 0.461. The summed E-state index contributed by atoms with van der Waals surface area (Å²) in [6.45, 7) is 8.24. The van der Waals surface area contributed by atoms with E-state index in [0.29, 0.717) is 32.4 Å². The molecule has 5 rings (SSSR count). The lowest BCUT2D eigenvalue weighted by Gasteiger charge is -2.37.